The lowest BCUT2D eigenvalue weighted by Gasteiger charge is -2.21. The Balaban J connectivity index is 1.91. The van der Waals surface area contributed by atoms with Gasteiger partial charge in [0, 0.05) is 5.92 Å². The highest BCUT2D eigenvalue weighted by Gasteiger charge is 2.25. The Kier molecular flexibility index (Phi) is 5.48. The van der Waals surface area contributed by atoms with Crippen LogP contribution in [0.15, 0.2) is 24.3 Å². The van der Waals surface area contributed by atoms with E-state index in [-0.39, 0.29) is 5.92 Å². The zero-order valence-electron chi connectivity index (χ0n) is 12.3. The van der Waals surface area contributed by atoms with Gasteiger partial charge < -0.3 is 15.4 Å². The second-order valence-electron chi connectivity index (χ2n) is 5.00. The molecule has 7 nitrogen and oxygen atoms in total. The Bertz CT molecular complexity index is 568. The maximum Gasteiger partial charge on any atom is 0.316 e. The van der Waals surface area contributed by atoms with Crippen molar-refractivity contribution in [2.75, 3.05) is 25.5 Å². The highest BCUT2D eigenvalue weighted by molar-refractivity contribution is 6.42. The normalized spacial score (nSPS) is 15.0. The molecular formula is C15H19N3O4. The summed E-state index contributed by atoms with van der Waals surface area (Å²) >= 11 is 0. The number of anilines is 1. The summed E-state index contributed by atoms with van der Waals surface area (Å²) in [6.07, 6.45) is 1.32. The molecular weight excluding hydrogens is 286 g/mol. The summed E-state index contributed by atoms with van der Waals surface area (Å²) in [4.78, 5) is 35.6. The van der Waals surface area contributed by atoms with Crippen LogP contribution in [0.5, 0.6) is 5.75 Å². The zero-order valence-corrected chi connectivity index (χ0v) is 12.3. The molecule has 1 saturated heterocycles. The second kappa shape index (κ2) is 7.56. The maximum absolute atomic E-state index is 11.9. The first kappa shape index (κ1) is 16.0. The van der Waals surface area contributed by atoms with E-state index in [2.05, 4.69) is 16.0 Å². The van der Waals surface area contributed by atoms with Crippen LogP contribution in [0.1, 0.15) is 12.8 Å². The number of carbonyl (C=O) groups excluding carboxylic acids is 3. The van der Waals surface area contributed by atoms with Crippen LogP contribution in [0, 0.1) is 5.92 Å². The summed E-state index contributed by atoms with van der Waals surface area (Å²) in [7, 11) is 1.46. The molecule has 0 radical (unpaired) electrons. The third-order valence-electron chi connectivity index (χ3n) is 3.51. The number of benzene rings is 1. The number of nitrogens with one attached hydrogen (secondary N) is 3. The molecule has 0 aromatic heterocycles. The fourth-order valence-electron chi connectivity index (χ4n) is 2.28. The van der Waals surface area contributed by atoms with Gasteiger partial charge >= 0.3 is 11.8 Å². The Morgan fingerprint density at radius 2 is 1.82 bits per heavy atom. The monoisotopic (exact) mass is 305 g/mol. The summed E-state index contributed by atoms with van der Waals surface area (Å²) in [6, 6.07) is 6.72. The van der Waals surface area contributed by atoms with Gasteiger partial charge in [0.05, 0.1) is 12.8 Å². The number of ether oxygens (including phenoxy) is 1. The molecule has 0 bridgehead atoms. The Labute approximate surface area is 128 Å². The molecule has 0 unspecified atom stereocenters. The number of methoxy groups -OCH3 is 1. The number of piperidine rings is 1. The predicted octanol–water partition coefficient (Wildman–Crippen LogP) is 0.276. The minimum Gasteiger partial charge on any atom is -0.495 e. The molecule has 1 aliphatic heterocycles. The molecule has 1 heterocycles. The van der Waals surface area contributed by atoms with Gasteiger partial charge in [-0.15, -0.1) is 0 Å². The molecule has 118 valence electrons. The van der Waals surface area contributed by atoms with Gasteiger partial charge in [-0.1, -0.05) is 12.1 Å². The average molecular weight is 305 g/mol. The molecule has 1 aromatic carbocycles. The number of hydrogen-bond donors (Lipinski definition) is 3. The summed E-state index contributed by atoms with van der Waals surface area (Å²) < 4.78 is 5.08. The van der Waals surface area contributed by atoms with Crippen molar-refractivity contribution in [2.45, 2.75) is 12.8 Å². The second-order valence-corrected chi connectivity index (χ2v) is 5.00. The van der Waals surface area contributed by atoms with Crippen LogP contribution in [0.2, 0.25) is 0 Å². The highest BCUT2D eigenvalue weighted by atomic mass is 16.5. The third kappa shape index (κ3) is 4.05. The molecule has 0 spiro atoms. The van der Waals surface area contributed by atoms with E-state index in [4.69, 9.17) is 4.74 Å². The standard InChI is InChI=1S/C15H19N3O4/c1-22-12-5-3-2-4-11(12)17-14(20)15(21)18-13(19)10-6-8-16-9-7-10/h2-5,10,16H,6-9H2,1H3,(H,17,20)(H,18,19,21). The smallest absolute Gasteiger partial charge is 0.316 e. The first-order valence-corrected chi connectivity index (χ1v) is 7.11. The fourth-order valence-corrected chi connectivity index (χ4v) is 2.28. The van der Waals surface area contributed by atoms with E-state index >= 15 is 0 Å². The van der Waals surface area contributed by atoms with Crippen LogP contribution >= 0.6 is 0 Å². The lowest BCUT2D eigenvalue weighted by Crippen LogP contribution is -2.44. The highest BCUT2D eigenvalue weighted by Crippen LogP contribution is 2.22. The molecule has 1 aromatic rings. The van der Waals surface area contributed by atoms with Gasteiger partial charge in [0.15, 0.2) is 0 Å². The lowest BCUT2D eigenvalue weighted by molar-refractivity contribution is -0.141. The third-order valence-corrected chi connectivity index (χ3v) is 3.51. The van der Waals surface area contributed by atoms with Crippen molar-refractivity contribution in [1.29, 1.82) is 0 Å². The van der Waals surface area contributed by atoms with Gasteiger partial charge in [0.2, 0.25) is 5.91 Å². The molecule has 0 saturated carbocycles. The molecule has 1 aliphatic rings. The van der Waals surface area contributed by atoms with E-state index in [0.29, 0.717) is 24.3 Å². The summed E-state index contributed by atoms with van der Waals surface area (Å²) in [5, 5.41) is 7.71. The minimum atomic E-state index is -0.963. The molecule has 0 atom stereocenters. The Morgan fingerprint density at radius 1 is 1.14 bits per heavy atom. The Hall–Kier alpha value is -2.41. The van der Waals surface area contributed by atoms with Crippen molar-refractivity contribution < 1.29 is 19.1 Å². The lowest BCUT2D eigenvalue weighted by atomic mass is 9.97. The van der Waals surface area contributed by atoms with Crippen LogP contribution < -0.4 is 20.7 Å². The summed E-state index contributed by atoms with van der Waals surface area (Å²) in [6.45, 7) is 1.47. The van der Waals surface area contributed by atoms with Gasteiger partial charge in [-0.2, -0.15) is 0 Å². The van der Waals surface area contributed by atoms with Crippen molar-refractivity contribution in [3.05, 3.63) is 24.3 Å². The van der Waals surface area contributed by atoms with Crippen LogP contribution in [0.3, 0.4) is 0 Å². The van der Waals surface area contributed by atoms with E-state index in [1.54, 1.807) is 24.3 Å². The van der Waals surface area contributed by atoms with Gasteiger partial charge in [0.1, 0.15) is 5.75 Å². The summed E-state index contributed by atoms with van der Waals surface area (Å²) in [5.74, 6) is -2.06. The number of hydrogen-bond acceptors (Lipinski definition) is 5. The van der Waals surface area contributed by atoms with E-state index in [1.165, 1.54) is 7.11 Å². The van der Waals surface area contributed by atoms with Crippen molar-refractivity contribution in [3.8, 4) is 5.75 Å². The SMILES string of the molecule is COc1ccccc1NC(=O)C(=O)NC(=O)C1CCNCC1. The molecule has 0 aliphatic carbocycles. The molecule has 22 heavy (non-hydrogen) atoms. The average Bonchev–Trinajstić information content (AvgIpc) is 2.56. The van der Waals surface area contributed by atoms with Crippen molar-refractivity contribution >= 4 is 23.4 Å². The van der Waals surface area contributed by atoms with Gasteiger partial charge in [0.25, 0.3) is 0 Å². The van der Waals surface area contributed by atoms with Gasteiger partial charge in [-0.3, -0.25) is 19.7 Å². The number of imide groups is 1. The number of amides is 3. The number of rotatable bonds is 3. The van der Waals surface area contributed by atoms with Crippen LogP contribution in [-0.4, -0.2) is 37.9 Å². The van der Waals surface area contributed by atoms with E-state index in [0.717, 1.165) is 13.1 Å². The largest absolute Gasteiger partial charge is 0.495 e. The number of para-hydroxylation sites is 2. The van der Waals surface area contributed by atoms with Crippen molar-refractivity contribution in [1.82, 2.24) is 10.6 Å². The van der Waals surface area contributed by atoms with E-state index < -0.39 is 17.7 Å². The molecule has 7 heteroatoms. The first-order valence-electron chi connectivity index (χ1n) is 7.11. The zero-order chi connectivity index (χ0) is 15.9. The van der Waals surface area contributed by atoms with Gasteiger partial charge in [-0.25, -0.2) is 0 Å². The topological polar surface area (TPSA) is 96.5 Å². The quantitative estimate of drug-likeness (QED) is 0.697. The van der Waals surface area contributed by atoms with Crippen LogP contribution in [-0.2, 0) is 14.4 Å². The van der Waals surface area contributed by atoms with Crippen molar-refractivity contribution in [2.24, 2.45) is 5.92 Å². The summed E-state index contributed by atoms with van der Waals surface area (Å²) in [5.41, 5.74) is 0.375. The first-order chi connectivity index (χ1) is 10.6. The molecule has 3 N–H and O–H groups in total. The maximum atomic E-state index is 11.9. The predicted molar refractivity (Wildman–Crippen MR) is 80.4 cm³/mol. The van der Waals surface area contributed by atoms with E-state index in [9.17, 15) is 14.4 Å². The van der Waals surface area contributed by atoms with Crippen LogP contribution in [0.4, 0.5) is 5.69 Å². The fraction of sp³-hybridized carbons (Fsp3) is 0.400. The van der Waals surface area contributed by atoms with Crippen LogP contribution in [0.25, 0.3) is 0 Å². The van der Waals surface area contributed by atoms with E-state index in [1.807, 2.05) is 0 Å². The molecule has 3 amide bonds. The minimum absolute atomic E-state index is 0.232. The van der Waals surface area contributed by atoms with Crippen molar-refractivity contribution in [3.63, 3.8) is 0 Å². The van der Waals surface area contributed by atoms with Gasteiger partial charge in [-0.05, 0) is 38.1 Å². The Morgan fingerprint density at radius 3 is 2.50 bits per heavy atom. The molecule has 2 rings (SSSR count). The number of carbonyl (C=O) groups is 3. The molecule has 1 fully saturated rings.